The number of hydrogen-bond donors (Lipinski definition) is 7. The van der Waals surface area contributed by atoms with Crippen LogP contribution in [0.5, 0.6) is 0 Å². The Balaban J connectivity index is 2.60. The summed E-state index contributed by atoms with van der Waals surface area (Å²) in [6.45, 7) is 15.5. The van der Waals surface area contributed by atoms with E-state index in [9.17, 15) is 48.3 Å². The van der Waals surface area contributed by atoms with Gasteiger partial charge in [-0.3, -0.25) is 33.6 Å². The van der Waals surface area contributed by atoms with Gasteiger partial charge in [-0.1, -0.05) is 95.3 Å². The lowest BCUT2D eigenvalue weighted by atomic mass is 9.94. The Morgan fingerprint density at radius 1 is 0.864 bits per heavy atom. The Morgan fingerprint density at radius 2 is 1.48 bits per heavy atom. The van der Waals surface area contributed by atoms with Crippen LogP contribution in [-0.2, 0) is 59.0 Å². The van der Waals surface area contributed by atoms with Gasteiger partial charge in [-0.25, -0.2) is 9.59 Å². The van der Waals surface area contributed by atoms with Gasteiger partial charge >= 0.3 is 11.9 Å². The van der Waals surface area contributed by atoms with Crippen molar-refractivity contribution in [1.82, 2.24) is 36.8 Å². The third kappa shape index (κ3) is 17.9. The van der Waals surface area contributed by atoms with Gasteiger partial charge in [0.05, 0.1) is 31.6 Å². The number of carbonyl (C=O) groups excluding carboxylic acids is 8. The molecule has 7 amide bonds. The Morgan fingerprint density at radius 3 is 2.06 bits per heavy atom. The fourth-order valence-electron chi connectivity index (χ4n) is 6.97. The van der Waals surface area contributed by atoms with E-state index in [4.69, 9.17) is 9.47 Å². The van der Waals surface area contributed by atoms with Crippen LogP contribution in [-0.4, -0.2) is 127 Å². The van der Waals surface area contributed by atoms with E-state index < -0.39 is 102 Å². The zero-order valence-electron chi connectivity index (χ0n) is 39.7. The van der Waals surface area contributed by atoms with E-state index in [1.807, 2.05) is 50.3 Å². The standard InChI is InChI=1S/C47H69N7O12/c1-12-33-44(60)50-34(19-18-27(4)23-28(5)38(65-10)24-32-16-14-13-15-17-32)29(6)41(57)51-35(47(64)66-11)20-21-40(56)54(9)31(8)43(59)48-30(7)42(58)52-36(22-26(2)3)45(61)53-37(46(62)63)25-39(55)49-33/h13-19,23,26,28-30,33-38H,8,12,20-22,24-25H2,1-7,9-11H3,(H,48,59)(H,49,55)(H,50,60)(H,51,57)(H,52,58)(H,53,61)(H,62,63)/b19-18+,27-23+/t28-,29-,30+,33?,34?,35?,36?,37+,38-/m0/s1. The average Bonchev–Trinajstić information content (AvgIpc) is 3.27. The molecule has 1 heterocycles. The zero-order chi connectivity index (χ0) is 49.8. The van der Waals surface area contributed by atoms with Crippen LogP contribution in [0.2, 0.25) is 0 Å². The van der Waals surface area contributed by atoms with Crippen molar-refractivity contribution in [3.63, 3.8) is 0 Å². The molecule has 1 aromatic rings. The molecule has 364 valence electrons. The first-order chi connectivity index (χ1) is 31.0. The van der Waals surface area contributed by atoms with E-state index in [0.29, 0.717) is 6.42 Å². The molecule has 0 saturated carbocycles. The molecule has 2 rings (SSSR count). The number of ether oxygens (including phenoxy) is 2. The highest BCUT2D eigenvalue weighted by molar-refractivity contribution is 6.00. The van der Waals surface area contributed by atoms with Crippen molar-refractivity contribution in [3.8, 4) is 0 Å². The third-order valence-corrected chi connectivity index (χ3v) is 11.2. The van der Waals surface area contributed by atoms with Crippen LogP contribution in [0, 0.1) is 17.8 Å². The first-order valence-electron chi connectivity index (χ1n) is 22.0. The number of amides is 7. The Labute approximate surface area is 387 Å². The van der Waals surface area contributed by atoms with Crippen molar-refractivity contribution in [2.75, 3.05) is 21.3 Å². The molecule has 4 unspecified atom stereocenters. The van der Waals surface area contributed by atoms with Crippen molar-refractivity contribution in [2.45, 2.75) is 129 Å². The molecule has 0 bridgehead atoms. The van der Waals surface area contributed by atoms with Gasteiger partial charge in [0.1, 0.15) is 35.9 Å². The number of nitrogens with zero attached hydrogens (tertiary/aromatic N) is 1. The number of carboxylic acid groups (broad SMARTS) is 1. The van der Waals surface area contributed by atoms with E-state index >= 15 is 0 Å². The summed E-state index contributed by atoms with van der Waals surface area (Å²) < 4.78 is 10.7. The largest absolute Gasteiger partial charge is 0.480 e. The number of carboxylic acids is 1. The molecule has 0 radical (unpaired) electrons. The predicted molar refractivity (Wildman–Crippen MR) is 245 cm³/mol. The molecule has 1 fully saturated rings. The van der Waals surface area contributed by atoms with E-state index in [1.165, 1.54) is 20.9 Å². The number of likely N-dealkylation sites (N-methyl/N-ethyl adjacent to an activating group) is 1. The lowest BCUT2D eigenvalue weighted by molar-refractivity contribution is -0.146. The Kier molecular flexibility index (Phi) is 23.0. The molecule has 7 N–H and O–H groups in total. The van der Waals surface area contributed by atoms with E-state index in [1.54, 1.807) is 40.0 Å². The molecule has 1 aromatic carbocycles. The second kappa shape index (κ2) is 27.2. The van der Waals surface area contributed by atoms with Gasteiger partial charge in [0.25, 0.3) is 5.91 Å². The van der Waals surface area contributed by atoms with Crippen LogP contribution in [0.15, 0.2) is 66.4 Å². The van der Waals surface area contributed by atoms with Crippen LogP contribution in [0.4, 0.5) is 0 Å². The number of allylic oxidation sites excluding steroid dienone is 2. The predicted octanol–water partition coefficient (Wildman–Crippen LogP) is 1.82. The maximum atomic E-state index is 13.9. The topological polar surface area (TPSA) is 268 Å². The summed E-state index contributed by atoms with van der Waals surface area (Å²) in [6.07, 6.45) is 4.40. The number of methoxy groups -OCH3 is 2. The molecule has 0 aromatic heterocycles. The van der Waals surface area contributed by atoms with Crippen molar-refractivity contribution in [2.24, 2.45) is 17.8 Å². The second-order valence-corrected chi connectivity index (χ2v) is 17.0. The number of carbonyl (C=O) groups is 9. The fourth-order valence-corrected chi connectivity index (χ4v) is 6.97. The molecule has 1 aliphatic rings. The minimum Gasteiger partial charge on any atom is -0.480 e. The summed E-state index contributed by atoms with van der Waals surface area (Å²) in [6, 6.07) is 1.86. The normalized spacial score (nSPS) is 25.3. The monoisotopic (exact) mass is 924 g/mol. The number of esters is 1. The van der Waals surface area contributed by atoms with Gasteiger partial charge < -0.3 is 51.4 Å². The molecule has 0 aliphatic carbocycles. The zero-order valence-corrected chi connectivity index (χ0v) is 39.7. The highest BCUT2D eigenvalue weighted by Gasteiger charge is 2.34. The second-order valence-electron chi connectivity index (χ2n) is 17.0. The number of rotatable bonds is 12. The Hall–Kier alpha value is -6.37. The maximum absolute atomic E-state index is 13.9. The lowest BCUT2D eigenvalue weighted by Crippen LogP contribution is -2.57. The van der Waals surface area contributed by atoms with Crippen LogP contribution >= 0.6 is 0 Å². The average molecular weight is 924 g/mol. The molecule has 66 heavy (non-hydrogen) atoms. The smallest absolute Gasteiger partial charge is 0.328 e. The summed E-state index contributed by atoms with van der Waals surface area (Å²) in [5, 5.41) is 25.2. The van der Waals surface area contributed by atoms with Crippen LogP contribution in [0.1, 0.15) is 86.1 Å². The molecule has 1 saturated heterocycles. The fraction of sp³-hybridized carbons (Fsp3) is 0.553. The number of benzene rings is 1. The summed E-state index contributed by atoms with van der Waals surface area (Å²) in [4.78, 5) is 121. The molecule has 0 spiro atoms. The van der Waals surface area contributed by atoms with Crippen LogP contribution in [0.3, 0.4) is 0 Å². The van der Waals surface area contributed by atoms with Crippen molar-refractivity contribution < 1.29 is 57.7 Å². The molecule has 9 atom stereocenters. The van der Waals surface area contributed by atoms with Gasteiger partial charge in [-0.15, -0.1) is 0 Å². The van der Waals surface area contributed by atoms with Crippen molar-refractivity contribution >= 4 is 53.3 Å². The molecule has 1 aliphatic heterocycles. The quantitative estimate of drug-likeness (QED) is 0.0900. The molecular weight excluding hydrogens is 855 g/mol. The number of aliphatic carboxylic acids is 1. The first kappa shape index (κ1) is 55.8. The third-order valence-electron chi connectivity index (χ3n) is 11.2. The first-order valence-corrected chi connectivity index (χ1v) is 22.0. The van der Waals surface area contributed by atoms with Gasteiger partial charge in [0.2, 0.25) is 35.4 Å². The van der Waals surface area contributed by atoms with E-state index in [2.05, 4.69) is 38.5 Å². The van der Waals surface area contributed by atoms with E-state index in [-0.39, 0.29) is 49.3 Å². The van der Waals surface area contributed by atoms with Crippen LogP contribution in [0.25, 0.3) is 0 Å². The molecule has 19 nitrogen and oxygen atoms in total. The minimum absolute atomic E-state index is 0.0332. The van der Waals surface area contributed by atoms with Gasteiger partial charge in [0.15, 0.2) is 0 Å². The highest BCUT2D eigenvalue weighted by atomic mass is 16.5. The number of hydrogen-bond acceptors (Lipinski definition) is 11. The van der Waals surface area contributed by atoms with Crippen LogP contribution < -0.4 is 31.9 Å². The summed E-state index contributed by atoms with van der Waals surface area (Å²) in [7, 11) is 4.00. The summed E-state index contributed by atoms with van der Waals surface area (Å²) >= 11 is 0. The van der Waals surface area contributed by atoms with Crippen molar-refractivity contribution in [3.05, 3.63) is 72.0 Å². The minimum atomic E-state index is -1.78. The summed E-state index contributed by atoms with van der Waals surface area (Å²) in [5.41, 5.74) is 1.49. The van der Waals surface area contributed by atoms with E-state index in [0.717, 1.165) is 23.1 Å². The van der Waals surface area contributed by atoms with Gasteiger partial charge in [-0.2, -0.15) is 0 Å². The highest BCUT2D eigenvalue weighted by Crippen LogP contribution is 2.18. The van der Waals surface area contributed by atoms with Gasteiger partial charge in [-0.05, 0) is 51.0 Å². The number of nitrogens with one attached hydrogen (secondary N) is 6. The molecular formula is C47H69N7O12. The molecule has 19 heteroatoms. The summed E-state index contributed by atoms with van der Waals surface area (Å²) in [5.74, 6) is -9.44. The SMILES string of the molecule is C=C1C(=O)N[C@H](C)C(=O)NC(CC(C)C)C(=O)N[C@@H](C(=O)O)CC(=O)NC(CC)C(=O)NC(/C=C/C(C)=C/[C@H](C)[C@H](Cc2ccccc2)OC)[C@H](C)C(=O)NC(C(=O)OC)CCC(=O)N1C. The van der Waals surface area contributed by atoms with Crippen molar-refractivity contribution in [1.29, 1.82) is 0 Å². The van der Waals surface area contributed by atoms with Gasteiger partial charge in [0, 0.05) is 26.5 Å². The maximum Gasteiger partial charge on any atom is 0.328 e. The lowest BCUT2D eigenvalue weighted by Gasteiger charge is -2.27. The Bertz CT molecular complexity index is 1970.